The fourth-order valence-corrected chi connectivity index (χ4v) is 4.39. The second-order valence-corrected chi connectivity index (χ2v) is 8.38. The van der Waals surface area contributed by atoms with E-state index in [4.69, 9.17) is 0 Å². The van der Waals surface area contributed by atoms with Crippen molar-refractivity contribution >= 4 is 17.3 Å². The first kappa shape index (κ1) is 22.7. The van der Waals surface area contributed by atoms with Crippen LogP contribution in [0.1, 0.15) is 40.2 Å². The number of nitrogens with one attached hydrogen (secondary N) is 1. The van der Waals surface area contributed by atoms with Crippen LogP contribution in [-0.2, 0) is 19.0 Å². The number of hydrazine groups is 1. The molecule has 0 unspecified atom stereocenters. The minimum atomic E-state index is -4.50. The molecule has 0 bridgehead atoms. The van der Waals surface area contributed by atoms with E-state index >= 15 is 0 Å². The van der Waals surface area contributed by atoms with Crippen molar-refractivity contribution < 1.29 is 18.0 Å². The van der Waals surface area contributed by atoms with E-state index < -0.39 is 11.9 Å². The van der Waals surface area contributed by atoms with Crippen LogP contribution in [0.2, 0.25) is 0 Å². The van der Waals surface area contributed by atoms with E-state index in [-0.39, 0.29) is 11.5 Å². The van der Waals surface area contributed by atoms with Crippen LogP contribution in [0.4, 0.5) is 24.5 Å². The molecule has 0 fully saturated rings. The molecule has 3 aromatic carbocycles. The number of hydrogen-bond acceptors (Lipinski definition) is 3. The van der Waals surface area contributed by atoms with Gasteiger partial charge in [-0.2, -0.15) is 18.3 Å². The van der Waals surface area contributed by atoms with Crippen LogP contribution in [-0.4, -0.2) is 15.7 Å². The number of nitrogens with zero attached hydrogens (tertiary/aromatic N) is 3. The summed E-state index contributed by atoms with van der Waals surface area (Å²) in [5.41, 5.74) is 5.44. The second kappa shape index (κ2) is 9.29. The average molecular weight is 477 g/mol. The Bertz CT molecular complexity index is 1280. The van der Waals surface area contributed by atoms with E-state index in [9.17, 15) is 18.0 Å². The molecule has 1 amide bonds. The lowest BCUT2D eigenvalue weighted by molar-refractivity contribution is -0.142. The maximum Gasteiger partial charge on any atom is 0.435 e. The van der Waals surface area contributed by atoms with Gasteiger partial charge in [-0.05, 0) is 74.2 Å². The predicted molar refractivity (Wildman–Crippen MR) is 128 cm³/mol. The highest BCUT2D eigenvalue weighted by Gasteiger charge is 2.39. The quantitative estimate of drug-likeness (QED) is 0.346. The van der Waals surface area contributed by atoms with Gasteiger partial charge in [-0.25, -0.2) is 4.68 Å². The number of anilines is 2. The molecule has 35 heavy (non-hydrogen) atoms. The van der Waals surface area contributed by atoms with Crippen molar-refractivity contribution in [3.63, 3.8) is 0 Å². The number of hydrogen-bond donors (Lipinski definition) is 1. The van der Waals surface area contributed by atoms with Crippen LogP contribution in [0.15, 0.2) is 84.9 Å². The summed E-state index contributed by atoms with van der Waals surface area (Å²) in [4.78, 5) is 13.1. The zero-order valence-electron chi connectivity index (χ0n) is 18.8. The molecule has 1 heterocycles. The van der Waals surface area contributed by atoms with Crippen molar-refractivity contribution in [3.05, 3.63) is 107 Å². The monoisotopic (exact) mass is 476 g/mol. The fraction of sp³-hybridized carbons (Fsp3) is 0.185. The number of benzene rings is 3. The first-order valence-corrected chi connectivity index (χ1v) is 11.4. The summed E-state index contributed by atoms with van der Waals surface area (Å²) in [6.07, 6.45) is -2.03. The van der Waals surface area contributed by atoms with E-state index in [1.54, 1.807) is 29.3 Å². The molecule has 0 radical (unpaired) electrons. The van der Waals surface area contributed by atoms with E-state index in [0.717, 1.165) is 24.2 Å². The molecular formula is C27H23F3N4O. The number of carbonyl (C=O) groups is 1. The summed E-state index contributed by atoms with van der Waals surface area (Å²) >= 11 is 0. The number of rotatable bonds is 5. The third kappa shape index (κ3) is 4.64. The first-order chi connectivity index (χ1) is 16.9. The Morgan fingerprint density at radius 3 is 1.97 bits per heavy atom. The van der Waals surface area contributed by atoms with E-state index in [2.05, 4.69) is 10.5 Å². The van der Waals surface area contributed by atoms with Gasteiger partial charge in [-0.1, -0.05) is 36.4 Å². The molecule has 1 N–H and O–H groups in total. The molecule has 5 nitrogen and oxygen atoms in total. The topological polar surface area (TPSA) is 50.2 Å². The number of aromatic nitrogens is 2. The minimum Gasteiger partial charge on any atom is -0.267 e. The standard InChI is InChI=1S/C27H23F3N4O/c28-27(29,30)25-23-13-7-8-14-24(23)34(31-25)22-17-15-19(16-18-22)26(35)32-33(20-9-3-1-4-10-20)21-11-5-2-6-12-21/h1-6,9-12,15-18H,7-8,13-14H2,(H,32,35). The molecule has 1 aliphatic carbocycles. The summed E-state index contributed by atoms with van der Waals surface area (Å²) in [5.74, 6) is -0.345. The molecule has 0 saturated heterocycles. The smallest absolute Gasteiger partial charge is 0.267 e. The predicted octanol–water partition coefficient (Wildman–Crippen LogP) is 6.25. The van der Waals surface area contributed by atoms with Gasteiger partial charge in [0.1, 0.15) is 0 Å². The van der Waals surface area contributed by atoms with Gasteiger partial charge >= 0.3 is 6.18 Å². The van der Waals surface area contributed by atoms with Gasteiger partial charge in [0.15, 0.2) is 5.69 Å². The Labute approximate surface area is 200 Å². The molecular weight excluding hydrogens is 453 g/mol. The first-order valence-electron chi connectivity index (χ1n) is 11.4. The molecule has 4 aromatic rings. The number of fused-ring (bicyclic) bond motifs is 1. The highest BCUT2D eigenvalue weighted by atomic mass is 19.4. The Morgan fingerprint density at radius 1 is 0.829 bits per heavy atom. The maximum absolute atomic E-state index is 13.5. The van der Waals surface area contributed by atoms with Gasteiger partial charge < -0.3 is 0 Å². The van der Waals surface area contributed by atoms with Crippen LogP contribution < -0.4 is 10.4 Å². The van der Waals surface area contributed by atoms with Crippen molar-refractivity contribution in [2.75, 3.05) is 5.01 Å². The molecule has 0 saturated carbocycles. The Morgan fingerprint density at radius 2 is 1.40 bits per heavy atom. The van der Waals surface area contributed by atoms with Gasteiger partial charge in [0.05, 0.1) is 17.1 Å². The number of halogens is 3. The third-order valence-electron chi connectivity index (χ3n) is 6.06. The molecule has 5 rings (SSSR count). The van der Waals surface area contributed by atoms with Crippen molar-refractivity contribution in [2.24, 2.45) is 0 Å². The van der Waals surface area contributed by atoms with Crippen LogP contribution in [0.3, 0.4) is 0 Å². The summed E-state index contributed by atoms with van der Waals surface area (Å²) in [6, 6.07) is 25.3. The van der Waals surface area contributed by atoms with E-state index in [0.29, 0.717) is 29.8 Å². The highest BCUT2D eigenvalue weighted by molar-refractivity contribution is 5.96. The average Bonchev–Trinajstić information content (AvgIpc) is 3.29. The van der Waals surface area contributed by atoms with Gasteiger partial charge in [0, 0.05) is 16.8 Å². The van der Waals surface area contributed by atoms with Crippen LogP contribution in [0.25, 0.3) is 5.69 Å². The van der Waals surface area contributed by atoms with E-state index in [1.165, 1.54) is 4.68 Å². The molecule has 8 heteroatoms. The molecule has 178 valence electrons. The summed E-state index contributed by atoms with van der Waals surface area (Å²) in [6.45, 7) is 0. The van der Waals surface area contributed by atoms with Gasteiger partial charge in [0.2, 0.25) is 0 Å². The number of carbonyl (C=O) groups excluding carboxylic acids is 1. The number of para-hydroxylation sites is 2. The molecule has 0 spiro atoms. The fourth-order valence-electron chi connectivity index (χ4n) is 4.39. The molecule has 1 aliphatic rings. The maximum atomic E-state index is 13.5. The third-order valence-corrected chi connectivity index (χ3v) is 6.06. The summed E-state index contributed by atoms with van der Waals surface area (Å²) in [5, 5.41) is 5.61. The highest BCUT2D eigenvalue weighted by Crippen LogP contribution is 2.36. The second-order valence-electron chi connectivity index (χ2n) is 8.38. The lowest BCUT2D eigenvalue weighted by Crippen LogP contribution is -2.38. The number of alkyl halides is 3. The van der Waals surface area contributed by atoms with Crippen LogP contribution in [0.5, 0.6) is 0 Å². The SMILES string of the molecule is O=C(NN(c1ccccc1)c1ccccc1)c1ccc(-n2nc(C(F)(F)F)c3c2CCCC3)cc1. The van der Waals surface area contributed by atoms with Crippen molar-refractivity contribution in [1.29, 1.82) is 0 Å². The minimum absolute atomic E-state index is 0.284. The van der Waals surface area contributed by atoms with Gasteiger partial charge in [0.25, 0.3) is 5.91 Å². The zero-order chi connectivity index (χ0) is 24.4. The summed E-state index contributed by atoms with van der Waals surface area (Å²) < 4.78 is 42.0. The van der Waals surface area contributed by atoms with Crippen molar-refractivity contribution in [2.45, 2.75) is 31.9 Å². The van der Waals surface area contributed by atoms with E-state index in [1.807, 2.05) is 60.7 Å². The number of amides is 1. The van der Waals surface area contributed by atoms with Crippen molar-refractivity contribution in [3.8, 4) is 5.69 Å². The lowest BCUT2D eigenvalue weighted by Gasteiger charge is -2.25. The largest absolute Gasteiger partial charge is 0.435 e. The lowest BCUT2D eigenvalue weighted by atomic mass is 9.95. The molecule has 0 atom stereocenters. The summed E-state index contributed by atoms with van der Waals surface area (Å²) in [7, 11) is 0. The Balaban J connectivity index is 1.42. The van der Waals surface area contributed by atoms with Gasteiger partial charge in [-0.15, -0.1) is 0 Å². The van der Waals surface area contributed by atoms with Crippen LogP contribution >= 0.6 is 0 Å². The van der Waals surface area contributed by atoms with Crippen LogP contribution in [0, 0.1) is 0 Å². The Kier molecular flexibility index (Phi) is 6.03. The zero-order valence-corrected chi connectivity index (χ0v) is 18.8. The molecule has 1 aromatic heterocycles. The Hall–Kier alpha value is -4.07. The molecule has 0 aliphatic heterocycles. The normalized spacial score (nSPS) is 13.2. The van der Waals surface area contributed by atoms with Crippen molar-refractivity contribution in [1.82, 2.24) is 15.2 Å². The van der Waals surface area contributed by atoms with Gasteiger partial charge in [-0.3, -0.25) is 15.2 Å².